The van der Waals surface area contributed by atoms with Crippen LogP contribution in [0.5, 0.6) is 11.5 Å². The number of carbonyl (C=O) groups excluding carboxylic acids is 1. The van der Waals surface area contributed by atoms with Crippen molar-refractivity contribution in [2.24, 2.45) is 5.10 Å². The molecule has 2 aromatic carbocycles. The Morgan fingerprint density at radius 3 is 2.60 bits per heavy atom. The standard InChI is InChI=1S/C18H18Cl2N2O3/c1-3-24-18-9-13(10-21-22-12(2)23)5-7-17(18)25-11-14-4-6-15(19)16(20)8-14/h4-10H,3,11H2,1-2H3,(H,22,23)/b21-10-. The second-order valence-corrected chi connectivity index (χ2v) is 5.92. The summed E-state index contributed by atoms with van der Waals surface area (Å²) in [5, 5.41) is 4.82. The summed E-state index contributed by atoms with van der Waals surface area (Å²) in [7, 11) is 0. The van der Waals surface area contributed by atoms with Crippen molar-refractivity contribution >= 4 is 35.3 Å². The topological polar surface area (TPSA) is 59.9 Å². The fourth-order valence-corrected chi connectivity index (χ4v) is 2.30. The third kappa shape index (κ3) is 5.96. The van der Waals surface area contributed by atoms with Crippen molar-refractivity contribution in [1.29, 1.82) is 0 Å². The Morgan fingerprint density at radius 1 is 1.12 bits per heavy atom. The van der Waals surface area contributed by atoms with Crippen LogP contribution in [0.1, 0.15) is 25.0 Å². The number of hydrogen-bond donors (Lipinski definition) is 1. The Labute approximate surface area is 156 Å². The number of rotatable bonds is 7. The van der Waals surface area contributed by atoms with Crippen molar-refractivity contribution in [2.45, 2.75) is 20.5 Å². The summed E-state index contributed by atoms with van der Waals surface area (Å²) < 4.78 is 11.4. The second-order valence-electron chi connectivity index (χ2n) is 5.10. The van der Waals surface area contributed by atoms with Gasteiger partial charge in [-0.2, -0.15) is 5.10 Å². The minimum atomic E-state index is -0.233. The molecule has 0 radical (unpaired) electrons. The first-order chi connectivity index (χ1) is 12.0. The molecule has 0 saturated heterocycles. The van der Waals surface area contributed by atoms with Gasteiger partial charge in [0.05, 0.1) is 22.9 Å². The van der Waals surface area contributed by atoms with Crippen LogP contribution < -0.4 is 14.9 Å². The number of nitrogens with zero attached hydrogens (tertiary/aromatic N) is 1. The zero-order chi connectivity index (χ0) is 18.2. The molecule has 1 amide bonds. The van der Waals surface area contributed by atoms with E-state index >= 15 is 0 Å². The smallest absolute Gasteiger partial charge is 0.236 e. The highest BCUT2D eigenvalue weighted by molar-refractivity contribution is 6.42. The van der Waals surface area contributed by atoms with E-state index in [0.29, 0.717) is 34.8 Å². The van der Waals surface area contributed by atoms with Gasteiger partial charge in [-0.05, 0) is 48.4 Å². The van der Waals surface area contributed by atoms with E-state index in [1.54, 1.807) is 24.3 Å². The zero-order valence-electron chi connectivity index (χ0n) is 13.9. The molecular weight excluding hydrogens is 363 g/mol. The Balaban J connectivity index is 2.11. The van der Waals surface area contributed by atoms with Crippen LogP contribution >= 0.6 is 23.2 Å². The van der Waals surface area contributed by atoms with Crippen molar-refractivity contribution in [3.8, 4) is 11.5 Å². The number of hydrazone groups is 1. The van der Waals surface area contributed by atoms with Crippen LogP contribution in [0.25, 0.3) is 0 Å². The molecule has 1 N–H and O–H groups in total. The minimum absolute atomic E-state index is 0.233. The minimum Gasteiger partial charge on any atom is -0.490 e. The van der Waals surface area contributed by atoms with Gasteiger partial charge in [0.2, 0.25) is 5.91 Å². The molecule has 0 aromatic heterocycles. The van der Waals surface area contributed by atoms with Crippen LogP contribution in [0.3, 0.4) is 0 Å². The summed E-state index contributed by atoms with van der Waals surface area (Å²) in [6.07, 6.45) is 1.53. The molecule has 2 rings (SSSR count). The van der Waals surface area contributed by atoms with Gasteiger partial charge in [0.15, 0.2) is 11.5 Å². The molecule has 5 nitrogen and oxygen atoms in total. The SMILES string of the molecule is CCOc1cc(/C=N\NC(C)=O)ccc1OCc1ccc(Cl)c(Cl)c1. The van der Waals surface area contributed by atoms with Crippen molar-refractivity contribution < 1.29 is 14.3 Å². The number of benzene rings is 2. The molecule has 0 atom stereocenters. The molecular formula is C18H18Cl2N2O3. The van der Waals surface area contributed by atoms with Crippen LogP contribution in [0.15, 0.2) is 41.5 Å². The van der Waals surface area contributed by atoms with E-state index < -0.39 is 0 Å². The Bertz CT molecular complexity index is 779. The monoisotopic (exact) mass is 380 g/mol. The highest BCUT2D eigenvalue weighted by atomic mass is 35.5. The maximum atomic E-state index is 10.8. The summed E-state index contributed by atoms with van der Waals surface area (Å²) in [6, 6.07) is 10.7. The molecule has 0 aliphatic rings. The molecule has 0 fully saturated rings. The third-order valence-electron chi connectivity index (χ3n) is 3.08. The van der Waals surface area contributed by atoms with Crippen molar-refractivity contribution in [3.63, 3.8) is 0 Å². The normalized spacial score (nSPS) is 10.7. The van der Waals surface area contributed by atoms with E-state index in [1.807, 2.05) is 19.1 Å². The fourth-order valence-electron chi connectivity index (χ4n) is 1.98. The van der Waals surface area contributed by atoms with Gasteiger partial charge in [-0.1, -0.05) is 29.3 Å². The largest absolute Gasteiger partial charge is 0.490 e. The predicted molar refractivity (Wildman–Crippen MR) is 99.8 cm³/mol. The van der Waals surface area contributed by atoms with Gasteiger partial charge in [0.25, 0.3) is 0 Å². The zero-order valence-corrected chi connectivity index (χ0v) is 15.4. The predicted octanol–water partition coefficient (Wildman–Crippen LogP) is 4.44. The molecule has 25 heavy (non-hydrogen) atoms. The number of halogens is 2. The van der Waals surface area contributed by atoms with Crippen molar-refractivity contribution in [3.05, 3.63) is 57.6 Å². The first-order valence-corrected chi connectivity index (χ1v) is 8.38. The lowest BCUT2D eigenvalue weighted by Gasteiger charge is -2.13. The highest BCUT2D eigenvalue weighted by Gasteiger charge is 2.07. The van der Waals surface area contributed by atoms with Crippen molar-refractivity contribution in [2.75, 3.05) is 6.61 Å². The molecule has 0 heterocycles. The molecule has 0 aliphatic carbocycles. The van der Waals surface area contributed by atoms with Gasteiger partial charge in [-0.15, -0.1) is 0 Å². The van der Waals surface area contributed by atoms with E-state index in [4.69, 9.17) is 32.7 Å². The van der Waals surface area contributed by atoms with Crippen molar-refractivity contribution in [1.82, 2.24) is 5.43 Å². The van der Waals surface area contributed by atoms with Crippen LogP contribution in [-0.4, -0.2) is 18.7 Å². The number of amides is 1. The third-order valence-corrected chi connectivity index (χ3v) is 3.82. The summed E-state index contributed by atoms with van der Waals surface area (Å²) >= 11 is 11.9. The summed E-state index contributed by atoms with van der Waals surface area (Å²) in [6.45, 7) is 4.11. The first kappa shape index (κ1) is 19.1. The molecule has 0 unspecified atom stereocenters. The van der Waals surface area contributed by atoms with Gasteiger partial charge < -0.3 is 9.47 Å². The van der Waals surface area contributed by atoms with Gasteiger partial charge in [-0.3, -0.25) is 4.79 Å². The Morgan fingerprint density at radius 2 is 1.92 bits per heavy atom. The lowest BCUT2D eigenvalue weighted by Crippen LogP contribution is -2.12. The van der Waals surface area contributed by atoms with E-state index in [0.717, 1.165) is 11.1 Å². The Kier molecular flexibility index (Phi) is 7.10. The highest BCUT2D eigenvalue weighted by Crippen LogP contribution is 2.29. The van der Waals surface area contributed by atoms with E-state index in [-0.39, 0.29) is 5.91 Å². The van der Waals surface area contributed by atoms with E-state index in [2.05, 4.69) is 10.5 Å². The maximum Gasteiger partial charge on any atom is 0.236 e. The number of ether oxygens (including phenoxy) is 2. The fraction of sp³-hybridized carbons (Fsp3) is 0.222. The molecule has 132 valence electrons. The second kappa shape index (κ2) is 9.30. The average molecular weight is 381 g/mol. The van der Waals surface area contributed by atoms with Gasteiger partial charge in [-0.25, -0.2) is 5.43 Å². The van der Waals surface area contributed by atoms with E-state index in [9.17, 15) is 4.79 Å². The lowest BCUT2D eigenvalue weighted by atomic mass is 10.2. The van der Waals surface area contributed by atoms with Crippen LogP contribution in [0.4, 0.5) is 0 Å². The van der Waals surface area contributed by atoms with E-state index in [1.165, 1.54) is 13.1 Å². The van der Waals surface area contributed by atoms with Crippen LogP contribution in [0, 0.1) is 0 Å². The maximum absolute atomic E-state index is 10.8. The van der Waals surface area contributed by atoms with Crippen LogP contribution in [0.2, 0.25) is 10.0 Å². The number of hydrogen-bond acceptors (Lipinski definition) is 4. The molecule has 0 bridgehead atoms. The van der Waals surface area contributed by atoms with Gasteiger partial charge in [0, 0.05) is 6.92 Å². The average Bonchev–Trinajstić information content (AvgIpc) is 2.57. The van der Waals surface area contributed by atoms with Crippen LogP contribution in [-0.2, 0) is 11.4 Å². The number of carbonyl (C=O) groups is 1. The van der Waals surface area contributed by atoms with Gasteiger partial charge in [0.1, 0.15) is 6.61 Å². The molecule has 7 heteroatoms. The summed E-state index contributed by atoms with van der Waals surface area (Å²) in [5.41, 5.74) is 4.03. The first-order valence-electron chi connectivity index (χ1n) is 7.62. The quantitative estimate of drug-likeness (QED) is 0.570. The number of nitrogens with one attached hydrogen (secondary N) is 1. The molecule has 0 spiro atoms. The lowest BCUT2D eigenvalue weighted by molar-refractivity contribution is -0.118. The van der Waals surface area contributed by atoms with Gasteiger partial charge >= 0.3 is 0 Å². The molecule has 0 saturated carbocycles. The Hall–Kier alpha value is -2.24. The summed E-state index contributed by atoms with van der Waals surface area (Å²) in [4.78, 5) is 10.8. The molecule has 0 aliphatic heterocycles. The summed E-state index contributed by atoms with van der Waals surface area (Å²) in [5.74, 6) is 0.960. The molecule has 2 aromatic rings.